The quantitative estimate of drug-likeness (QED) is 0.244. The maximum Gasteiger partial charge on any atom is 0.135 e. The fourth-order valence-corrected chi connectivity index (χ4v) is 5.79. The van der Waals surface area contributed by atoms with Gasteiger partial charge in [-0.2, -0.15) is 0 Å². The van der Waals surface area contributed by atoms with Crippen LogP contribution in [0.2, 0.25) is 0 Å². The highest BCUT2D eigenvalue weighted by molar-refractivity contribution is 6.10. The normalized spacial score (nSPS) is 12.0. The molecule has 1 aliphatic heterocycles. The van der Waals surface area contributed by atoms with Gasteiger partial charge in [0, 0.05) is 10.9 Å². The summed E-state index contributed by atoms with van der Waals surface area (Å²) < 4.78 is 6.29. The van der Waals surface area contributed by atoms with Gasteiger partial charge in [0.2, 0.25) is 0 Å². The van der Waals surface area contributed by atoms with E-state index in [0.29, 0.717) is 0 Å². The van der Waals surface area contributed by atoms with Crippen molar-refractivity contribution in [3.8, 4) is 44.9 Å². The molecule has 0 N–H and O–H groups in total. The van der Waals surface area contributed by atoms with Gasteiger partial charge in [0.15, 0.2) is 0 Å². The van der Waals surface area contributed by atoms with Crippen molar-refractivity contribution in [2.45, 2.75) is 0 Å². The second-order valence-electron chi connectivity index (χ2n) is 9.78. The summed E-state index contributed by atoms with van der Waals surface area (Å²) in [6.07, 6.45) is 0. The van der Waals surface area contributed by atoms with E-state index in [1.807, 2.05) is 12.1 Å². The highest BCUT2D eigenvalue weighted by Crippen LogP contribution is 2.48. The standard InChI is InChI=1S/C36H22O/c1-2-7-24-20-25(13-12-23(24)6-1)26-14-15-28-22-29(17-16-27(28)21-26)30-18-19-35-36-32(30)9-5-10-33(36)31-8-3-4-11-34(31)37-35/h1-22H. The first-order valence-corrected chi connectivity index (χ1v) is 12.7. The third kappa shape index (κ3) is 3.18. The van der Waals surface area contributed by atoms with Crippen LogP contribution in [0.25, 0.3) is 65.7 Å². The van der Waals surface area contributed by atoms with E-state index in [2.05, 4.69) is 121 Å². The molecule has 0 atom stereocenters. The van der Waals surface area contributed by atoms with Gasteiger partial charge in [-0.25, -0.2) is 0 Å². The molecule has 7 aromatic carbocycles. The van der Waals surface area contributed by atoms with Crippen LogP contribution in [0.4, 0.5) is 0 Å². The molecule has 0 bridgehead atoms. The molecule has 0 saturated carbocycles. The first-order valence-electron chi connectivity index (χ1n) is 12.7. The molecule has 0 aliphatic carbocycles. The second-order valence-corrected chi connectivity index (χ2v) is 9.78. The molecule has 8 rings (SSSR count). The van der Waals surface area contributed by atoms with E-state index in [1.54, 1.807) is 0 Å². The lowest BCUT2D eigenvalue weighted by Crippen LogP contribution is -1.97. The van der Waals surface area contributed by atoms with Crippen molar-refractivity contribution in [2.75, 3.05) is 0 Å². The molecule has 1 heteroatoms. The molecule has 1 nitrogen and oxygen atoms in total. The summed E-state index contributed by atoms with van der Waals surface area (Å²) in [6, 6.07) is 48.0. The zero-order valence-electron chi connectivity index (χ0n) is 20.1. The number of hydrogen-bond acceptors (Lipinski definition) is 1. The number of rotatable bonds is 2. The minimum absolute atomic E-state index is 0.920. The van der Waals surface area contributed by atoms with E-state index < -0.39 is 0 Å². The molecule has 0 spiro atoms. The SMILES string of the molecule is c1ccc2c(c1)Oc1ccc(-c3ccc4cc(-c5ccc6ccccc6c5)ccc4c3)c3cccc-2c13. The van der Waals surface area contributed by atoms with Crippen LogP contribution in [-0.4, -0.2) is 0 Å². The van der Waals surface area contributed by atoms with E-state index in [-0.39, 0.29) is 0 Å². The second kappa shape index (κ2) is 7.81. The fraction of sp³-hybridized carbons (Fsp3) is 0. The molecule has 1 aliphatic rings. The van der Waals surface area contributed by atoms with E-state index in [1.165, 1.54) is 60.1 Å². The average Bonchev–Trinajstić information content (AvgIpc) is 2.97. The van der Waals surface area contributed by atoms with Gasteiger partial charge in [0.1, 0.15) is 11.5 Å². The Hall–Kier alpha value is -4.88. The lowest BCUT2D eigenvalue weighted by atomic mass is 9.90. The van der Waals surface area contributed by atoms with Crippen LogP contribution >= 0.6 is 0 Å². The van der Waals surface area contributed by atoms with Crippen molar-refractivity contribution in [3.63, 3.8) is 0 Å². The maximum absolute atomic E-state index is 6.29. The summed E-state index contributed by atoms with van der Waals surface area (Å²) in [4.78, 5) is 0. The van der Waals surface area contributed by atoms with Crippen LogP contribution in [0.3, 0.4) is 0 Å². The molecule has 0 radical (unpaired) electrons. The van der Waals surface area contributed by atoms with E-state index in [9.17, 15) is 0 Å². The Morgan fingerprint density at radius 1 is 0.351 bits per heavy atom. The number of para-hydroxylation sites is 1. The zero-order valence-corrected chi connectivity index (χ0v) is 20.1. The number of benzene rings is 7. The molecular weight excluding hydrogens is 448 g/mol. The molecule has 0 amide bonds. The molecule has 0 aromatic heterocycles. The van der Waals surface area contributed by atoms with Gasteiger partial charge in [0.05, 0.1) is 0 Å². The smallest absolute Gasteiger partial charge is 0.135 e. The van der Waals surface area contributed by atoms with Crippen LogP contribution < -0.4 is 4.74 Å². The van der Waals surface area contributed by atoms with Crippen molar-refractivity contribution in [2.24, 2.45) is 0 Å². The van der Waals surface area contributed by atoms with Crippen LogP contribution in [-0.2, 0) is 0 Å². The van der Waals surface area contributed by atoms with Gasteiger partial charge >= 0.3 is 0 Å². The Bertz CT molecular complexity index is 2010. The molecule has 172 valence electrons. The first-order chi connectivity index (χ1) is 18.3. The van der Waals surface area contributed by atoms with Crippen LogP contribution in [0.15, 0.2) is 133 Å². The van der Waals surface area contributed by atoms with Gasteiger partial charge < -0.3 is 4.74 Å². The summed E-state index contributed by atoms with van der Waals surface area (Å²) in [5.74, 6) is 1.84. The average molecular weight is 471 g/mol. The number of fused-ring (bicyclic) bond motifs is 4. The van der Waals surface area contributed by atoms with Crippen LogP contribution in [0.5, 0.6) is 11.5 Å². The lowest BCUT2D eigenvalue weighted by molar-refractivity contribution is 0.487. The molecule has 1 heterocycles. The van der Waals surface area contributed by atoms with E-state index in [4.69, 9.17) is 4.74 Å². The number of hydrogen-bond donors (Lipinski definition) is 0. The van der Waals surface area contributed by atoms with Crippen molar-refractivity contribution >= 4 is 32.3 Å². The van der Waals surface area contributed by atoms with Crippen molar-refractivity contribution in [3.05, 3.63) is 133 Å². The van der Waals surface area contributed by atoms with Crippen LogP contribution in [0.1, 0.15) is 0 Å². The van der Waals surface area contributed by atoms with Gasteiger partial charge in [-0.05, 0) is 85.1 Å². The fourth-order valence-electron chi connectivity index (χ4n) is 5.79. The summed E-state index contributed by atoms with van der Waals surface area (Å²) in [5, 5.41) is 7.43. The Morgan fingerprint density at radius 3 is 1.81 bits per heavy atom. The minimum Gasteiger partial charge on any atom is -0.456 e. The van der Waals surface area contributed by atoms with Crippen molar-refractivity contribution in [1.82, 2.24) is 0 Å². The first kappa shape index (κ1) is 20.3. The van der Waals surface area contributed by atoms with E-state index in [0.717, 1.165) is 17.1 Å². The van der Waals surface area contributed by atoms with Crippen molar-refractivity contribution < 1.29 is 4.74 Å². The molecule has 0 unspecified atom stereocenters. The van der Waals surface area contributed by atoms with Gasteiger partial charge in [-0.3, -0.25) is 0 Å². The topological polar surface area (TPSA) is 9.23 Å². The predicted molar refractivity (Wildman–Crippen MR) is 155 cm³/mol. The summed E-state index contributed by atoms with van der Waals surface area (Å²) in [5.41, 5.74) is 7.31. The minimum atomic E-state index is 0.920. The molecule has 0 saturated heterocycles. The Labute approximate surface area is 215 Å². The predicted octanol–water partition coefficient (Wildman–Crippen LogP) is 10.3. The zero-order chi connectivity index (χ0) is 24.3. The monoisotopic (exact) mass is 470 g/mol. The van der Waals surface area contributed by atoms with Gasteiger partial charge in [-0.15, -0.1) is 0 Å². The molecule has 7 aromatic rings. The summed E-state index contributed by atoms with van der Waals surface area (Å²) in [7, 11) is 0. The molecule has 0 fully saturated rings. The highest BCUT2D eigenvalue weighted by atomic mass is 16.5. The largest absolute Gasteiger partial charge is 0.456 e. The third-order valence-electron chi connectivity index (χ3n) is 7.63. The molecular formula is C36H22O. The Morgan fingerprint density at radius 2 is 0.973 bits per heavy atom. The Kier molecular flexibility index (Phi) is 4.29. The van der Waals surface area contributed by atoms with Crippen LogP contribution in [0, 0.1) is 0 Å². The molecule has 37 heavy (non-hydrogen) atoms. The maximum atomic E-state index is 6.29. The van der Waals surface area contributed by atoms with Gasteiger partial charge in [0.25, 0.3) is 0 Å². The van der Waals surface area contributed by atoms with Gasteiger partial charge in [-0.1, -0.05) is 103 Å². The summed E-state index contributed by atoms with van der Waals surface area (Å²) >= 11 is 0. The highest BCUT2D eigenvalue weighted by Gasteiger charge is 2.21. The Balaban J connectivity index is 1.24. The van der Waals surface area contributed by atoms with E-state index >= 15 is 0 Å². The number of ether oxygens (including phenoxy) is 1. The third-order valence-corrected chi connectivity index (χ3v) is 7.63. The lowest BCUT2D eigenvalue weighted by Gasteiger charge is -2.22. The van der Waals surface area contributed by atoms with Crippen molar-refractivity contribution in [1.29, 1.82) is 0 Å². The summed E-state index contributed by atoms with van der Waals surface area (Å²) in [6.45, 7) is 0.